The molecule has 0 aliphatic heterocycles. The molecule has 0 aliphatic rings. The third-order valence-electron chi connectivity index (χ3n) is 4.11. The van der Waals surface area contributed by atoms with E-state index in [9.17, 15) is 14.4 Å². The van der Waals surface area contributed by atoms with Gasteiger partial charge in [0, 0.05) is 4.47 Å². The van der Waals surface area contributed by atoms with Crippen molar-refractivity contribution in [1.82, 2.24) is 5.43 Å². The van der Waals surface area contributed by atoms with E-state index in [1.807, 2.05) is 0 Å². The molecular weight excluding hydrogens is 478 g/mol. The largest absolute Gasteiger partial charge is 0.495 e. The molecule has 0 saturated carbocycles. The molecule has 0 aromatic heterocycles. The summed E-state index contributed by atoms with van der Waals surface area (Å²) in [6.45, 7) is 0. The molecule has 0 saturated heterocycles. The second-order valence-electron chi connectivity index (χ2n) is 6.32. The van der Waals surface area contributed by atoms with E-state index >= 15 is 0 Å². The van der Waals surface area contributed by atoms with Gasteiger partial charge in [-0.15, -0.1) is 0 Å². The molecule has 0 unspecified atom stereocenters. The number of hydrazone groups is 1. The zero-order valence-corrected chi connectivity index (χ0v) is 18.5. The number of ether oxygens (including phenoxy) is 2. The number of nitrogens with one attached hydrogen (secondary N) is 2. The van der Waals surface area contributed by atoms with Gasteiger partial charge in [-0.05, 0) is 66.2 Å². The second-order valence-corrected chi connectivity index (χ2v) is 7.23. The van der Waals surface area contributed by atoms with Crippen molar-refractivity contribution >= 4 is 45.6 Å². The Balaban J connectivity index is 1.52. The zero-order valence-electron chi connectivity index (χ0n) is 16.9. The Hall–Kier alpha value is -3.98. The summed E-state index contributed by atoms with van der Waals surface area (Å²) in [7, 11) is 1.46. The molecule has 2 N–H and O–H groups in total. The Morgan fingerprint density at radius 3 is 2.28 bits per heavy atom. The Morgan fingerprint density at radius 1 is 0.906 bits per heavy atom. The van der Waals surface area contributed by atoms with Gasteiger partial charge < -0.3 is 14.8 Å². The lowest BCUT2D eigenvalue weighted by atomic mass is 10.2. The Bertz CT molecular complexity index is 1150. The molecule has 0 heterocycles. The number of halogens is 1. The van der Waals surface area contributed by atoms with Crippen LogP contribution >= 0.6 is 15.9 Å². The van der Waals surface area contributed by atoms with Gasteiger partial charge in [0.05, 0.1) is 24.6 Å². The number of amides is 2. The molecule has 0 spiro atoms. The standard InChI is InChI=1S/C23H18BrN3O5/c1-31-20-5-3-2-4-19(20)26-21(28)22(29)27-25-14-15-6-12-18(13-7-15)32-23(30)16-8-10-17(24)11-9-16/h2-14H,1H3,(H,26,28)(H,27,29)/b25-14+. The van der Waals surface area contributed by atoms with Crippen molar-refractivity contribution in [3.63, 3.8) is 0 Å². The van der Waals surface area contributed by atoms with Gasteiger partial charge >= 0.3 is 17.8 Å². The third kappa shape index (κ3) is 6.26. The van der Waals surface area contributed by atoms with Gasteiger partial charge in [0.2, 0.25) is 0 Å². The first kappa shape index (κ1) is 22.7. The fourth-order valence-corrected chi connectivity index (χ4v) is 2.78. The fourth-order valence-electron chi connectivity index (χ4n) is 2.52. The minimum absolute atomic E-state index is 0.357. The Labute approximate surface area is 192 Å². The monoisotopic (exact) mass is 495 g/mol. The number of benzene rings is 3. The maximum Gasteiger partial charge on any atom is 0.343 e. The number of carbonyl (C=O) groups is 3. The van der Waals surface area contributed by atoms with Crippen LogP contribution in [-0.2, 0) is 9.59 Å². The van der Waals surface area contributed by atoms with E-state index in [0.717, 1.165) is 4.47 Å². The molecule has 8 nitrogen and oxygen atoms in total. The van der Waals surface area contributed by atoms with Gasteiger partial charge in [-0.3, -0.25) is 9.59 Å². The van der Waals surface area contributed by atoms with E-state index in [2.05, 4.69) is 31.8 Å². The Kier molecular flexibility index (Phi) is 7.71. The lowest BCUT2D eigenvalue weighted by Gasteiger charge is -2.08. The topological polar surface area (TPSA) is 106 Å². The van der Waals surface area contributed by atoms with Crippen molar-refractivity contribution in [2.45, 2.75) is 0 Å². The van der Waals surface area contributed by atoms with Crippen LogP contribution in [-0.4, -0.2) is 31.1 Å². The predicted octanol–water partition coefficient (Wildman–Crippen LogP) is 3.77. The quantitative estimate of drug-likeness (QED) is 0.178. The number of hydrogen-bond acceptors (Lipinski definition) is 6. The van der Waals surface area contributed by atoms with E-state index in [-0.39, 0.29) is 0 Å². The first-order valence-corrected chi connectivity index (χ1v) is 10.1. The van der Waals surface area contributed by atoms with Crippen LogP contribution in [0.2, 0.25) is 0 Å². The lowest BCUT2D eigenvalue weighted by Crippen LogP contribution is -2.32. The van der Waals surface area contributed by atoms with Crippen molar-refractivity contribution in [1.29, 1.82) is 0 Å². The van der Waals surface area contributed by atoms with Gasteiger partial charge in [-0.1, -0.05) is 28.1 Å². The number of anilines is 1. The summed E-state index contributed by atoms with van der Waals surface area (Å²) in [5, 5.41) is 6.22. The summed E-state index contributed by atoms with van der Waals surface area (Å²) >= 11 is 3.31. The Morgan fingerprint density at radius 2 is 1.59 bits per heavy atom. The second kappa shape index (κ2) is 10.9. The highest BCUT2D eigenvalue weighted by molar-refractivity contribution is 9.10. The number of carbonyl (C=O) groups excluding carboxylic acids is 3. The highest BCUT2D eigenvalue weighted by Gasteiger charge is 2.15. The first-order chi connectivity index (χ1) is 15.5. The van der Waals surface area contributed by atoms with E-state index in [1.165, 1.54) is 13.3 Å². The van der Waals surface area contributed by atoms with Crippen LogP contribution in [0.3, 0.4) is 0 Å². The molecule has 32 heavy (non-hydrogen) atoms. The highest BCUT2D eigenvalue weighted by atomic mass is 79.9. The number of methoxy groups -OCH3 is 1. The number of para-hydroxylation sites is 2. The fraction of sp³-hybridized carbons (Fsp3) is 0.0435. The van der Waals surface area contributed by atoms with Crippen molar-refractivity contribution in [2.24, 2.45) is 5.10 Å². The van der Waals surface area contributed by atoms with E-state index < -0.39 is 17.8 Å². The number of hydrogen-bond donors (Lipinski definition) is 2. The highest BCUT2D eigenvalue weighted by Crippen LogP contribution is 2.22. The maximum absolute atomic E-state index is 12.1. The normalized spacial score (nSPS) is 10.4. The summed E-state index contributed by atoms with van der Waals surface area (Å²) < 4.78 is 11.3. The summed E-state index contributed by atoms with van der Waals surface area (Å²) in [4.78, 5) is 36.1. The molecule has 9 heteroatoms. The van der Waals surface area contributed by atoms with Crippen molar-refractivity contribution in [2.75, 3.05) is 12.4 Å². The van der Waals surface area contributed by atoms with Gasteiger partial charge in [0.25, 0.3) is 0 Å². The maximum atomic E-state index is 12.1. The van der Waals surface area contributed by atoms with Crippen molar-refractivity contribution in [3.05, 3.63) is 88.4 Å². The van der Waals surface area contributed by atoms with Crippen LogP contribution < -0.4 is 20.2 Å². The minimum atomic E-state index is -0.938. The minimum Gasteiger partial charge on any atom is -0.495 e. The zero-order chi connectivity index (χ0) is 22.9. The van der Waals surface area contributed by atoms with E-state index in [0.29, 0.717) is 28.3 Å². The van der Waals surface area contributed by atoms with Crippen LogP contribution in [0.4, 0.5) is 5.69 Å². The summed E-state index contributed by atoms with van der Waals surface area (Å²) in [6, 6.07) is 20.0. The molecule has 3 aromatic carbocycles. The van der Waals surface area contributed by atoms with Gasteiger partial charge in [-0.2, -0.15) is 5.10 Å². The summed E-state index contributed by atoms with van der Waals surface area (Å²) in [6.07, 6.45) is 1.36. The molecule has 2 amide bonds. The van der Waals surface area contributed by atoms with E-state index in [4.69, 9.17) is 9.47 Å². The summed E-state index contributed by atoms with van der Waals surface area (Å²) in [5.74, 6) is -1.52. The van der Waals surface area contributed by atoms with E-state index in [1.54, 1.807) is 72.8 Å². The van der Waals surface area contributed by atoms with Crippen molar-refractivity contribution < 1.29 is 23.9 Å². The molecule has 162 valence electrons. The molecule has 3 rings (SSSR count). The number of rotatable bonds is 6. The average Bonchev–Trinajstić information content (AvgIpc) is 2.80. The van der Waals surface area contributed by atoms with Gasteiger partial charge in [-0.25, -0.2) is 10.2 Å². The van der Waals surface area contributed by atoms with Crippen LogP contribution in [0, 0.1) is 0 Å². The third-order valence-corrected chi connectivity index (χ3v) is 4.64. The van der Waals surface area contributed by atoms with Crippen LogP contribution in [0.1, 0.15) is 15.9 Å². The van der Waals surface area contributed by atoms with Crippen LogP contribution in [0.5, 0.6) is 11.5 Å². The molecular formula is C23H18BrN3O5. The molecule has 0 bridgehead atoms. The van der Waals surface area contributed by atoms with Crippen LogP contribution in [0.25, 0.3) is 0 Å². The molecule has 0 fully saturated rings. The predicted molar refractivity (Wildman–Crippen MR) is 123 cm³/mol. The molecule has 0 radical (unpaired) electrons. The molecule has 3 aromatic rings. The van der Waals surface area contributed by atoms with Gasteiger partial charge in [0.15, 0.2) is 0 Å². The number of esters is 1. The SMILES string of the molecule is COc1ccccc1NC(=O)C(=O)N/N=C/c1ccc(OC(=O)c2ccc(Br)cc2)cc1. The average molecular weight is 496 g/mol. The number of nitrogens with zero attached hydrogens (tertiary/aromatic N) is 1. The van der Waals surface area contributed by atoms with Crippen molar-refractivity contribution in [3.8, 4) is 11.5 Å². The summed E-state index contributed by atoms with van der Waals surface area (Å²) in [5.41, 5.74) is 3.57. The lowest BCUT2D eigenvalue weighted by molar-refractivity contribution is -0.136. The molecule has 0 aliphatic carbocycles. The molecule has 0 atom stereocenters. The van der Waals surface area contributed by atoms with Crippen LogP contribution in [0.15, 0.2) is 82.4 Å². The smallest absolute Gasteiger partial charge is 0.343 e. The van der Waals surface area contributed by atoms with Gasteiger partial charge in [0.1, 0.15) is 11.5 Å². The first-order valence-electron chi connectivity index (χ1n) is 9.31.